The normalized spacial score (nSPS) is 16.2. The maximum Gasteiger partial charge on any atom is 0.248 e. The van der Waals surface area contributed by atoms with Crippen molar-refractivity contribution < 1.29 is 14.3 Å². The third-order valence-electron chi connectivity index (χ3n) is 5.46. The summed E-state index contributed by atoms with van der Waals surface area (Å²) in [6, 6.07) is 11.4. The van der Waals surface area contributed by atoms with E-state index in [1.54, 1.807) is 19.2 Å². The second kappa shape index (κ2) is 10.3. The summed E-state index contributed by atoms with van der Waals surface area (Å²) in [4.78, 5) is 30.4. The zero-order valence-electron chi connectivity index (χ0n) is 17.6. The highest BCUT2D eigenvalue weighted by molar-refractivity contribution is 5.94. The van der Waals surface area contributed by atoms with Crippen LogP contribution in [0.3, 0.4) is 0 Å². The van der Waals surface area contributed by atoms with Crippen molar-refractivity contribution in [1.29, 1.82) is 0 Å². The zero-order valence-corrected chi connectivity index (χ0v) is 17.6. The number of carbonyl (C=O) groups is 2. The number of carbonyl (C=O) groups excluding carboxylic acids is 2. The molecule has 1 atom stereocenters. The number of rotatable bonds is 8. The molecule has 0 aliphatic carbocycles. The molecular weight excluding hydrogens is 380 g/mol. The van der Waals surface area contributed by atoms with Gasteiger partial charge in [-0.2, -0.15) is 0 Å². The molecular formula is C23H30N4O3. The molecule has 7 nitrogen and oxygen atoms in total. The Morgan fingerprint density at radius 1 is 1.23 bits per heavy atom. The molecule has 2 aromatic rings. The first-order valence-corrected chi connectivity index (χ1v) is 10.3. The number of hydrogen-bond acceptors (Lipinski definition) is 5. The third-order valence-corrected chi connectivity index (χ3v) is 5.46. The smallest absolute Gasteiger partial charge is 0.248 e. The van der Waals surface area contributed by atoms with Crippen molar-refractivity contribution in [2.24, 2.45) is 5.73 Å². The number of nitrogens with zero attached hydrogens (tertiary/aromatic N) is 2. The highest BCUT2D eigenvalue weighted by Crippen LogP contribution is 2.28. The maximum atomic E-state index is 12.1. The summed E-state index contributed by atoms with van der Waals surface area (Å²) in [5.41, 5.74) is 8.82. The minimum absolute atomic E-state index is 0.0198. The fraction of sp³-hybridized carbons (Fsp3) is 0.435. The van der Waals surface area contributed by atoms with Crippen LogP contribution in [0.25, 0.3) is 11.1 Å². The number of likely N-dealkylation sites (tertiary alicyclic amines) is 1. The van der Waals surface area contributed by atoms with Gasteiger partial charge >= 0.3 is 0 Å². The van der Waals surface area contributed by atoms with Gasteiger partial charge in [0.2, 0.25) is 11.8 Å². The Hall–Kier alpha value is -2.77. The van der Waals surface area contributed by atoms with Gasteiger partial charge in [0.1, 0.15) is 0 Å². The van der Waals surface area contributed by atoms with E-state index in [0.29, 0.717) is 24.6 Å². The summed E-state index contributed by atoms with van der Waals surface area (Å²) in [5, 5.41) is 2.96. The van der Waals surface area contributed by atoms with Gasteiger partial charge in [-0.05, 0) is 56.6 Å². The number of nitrogens with two attached hydrogens (primary N) is 1. The van der Waals surface area contributed by atoms with Crippen molar-refractivity contribution in [3.8, 4) is 11.1 Å². The molecule has 0 unspecified atom stereocenters. The lowest BCUT2D eigenvalue weighted by Crippen LogP contribution is -2.44. The Balaban J connectivity index is 1.53. The summed E-state index contributed by atoms with van der Waals surface area (Å²) in [6.07, 6.45) is 3.81. The van der Waals surface area contributed by atoms with Gasteiger partial charge < -0.3 is 15.8 Å². The largest absolute Gasteiger partial charge is 0.383 e. The van der Waals surface area contributed by atoms with Crippen molar-refractivity contribution >= 4 is 11.8 Å². The van der Waals surface area contributed by atoms with Gasteiger partial charge in [0.05, 0.1) is 13.2 Å². The number of ether oxygens (including phenoxy) is 1. The van der Waals surface area contributed by atoms with Gasteiger partial charge in [-0.25, -0.2) is 0 Å². The minimum atomic E-state index is -0.435. The summed E-state index contributed by atoms with van der Waals surface area (Å²) in [5.74, 6) is -0.00331. The molecule has 1 aliphatic heterocycles. The van der Waals surface area contributed by atoms with Crippen LogP contribution in [0.1, 0.15) is 41.7 Å². The van der Waals surface area contributed by atoms with E-state index in [0.717, 1.165) is 42.8 Å². The van der Waals surface area contributed by atoms with Crippen molar-refractivity contribution in [1.82, 2.24) is 15.2 Å². The molecule has 1 saturated heterocycles. The van der Waals surface area contributed by atoms with E-state index in [1.807, 2.05) is 31.3 Å². The lowest BCUT2D eigenvalue weighted by Gasteiger charge is -2.31. The first-order valence-electron chi connectivity index (χ1n) is 10.3. The number of pyridine rings is 1. The molecule has 1 aliphatic rings. The van der Waals surface area contributed by atoms with Crippen LogP contribution < -0.4 is 11.1 Å². The summed E-state index contributed by atoms with van der Waals surface area (Å²) in [7, 11) is 1.63. The number of piperidine rings is 1. The van der Waals surface area contributed by atoms with Crippen LogP contribution in [0, 0.1) is 0 Å². The molecule has 2 heterocycles. The average Bonchev–Trinajstić information content (AvgIpc) is 2.74. The Morgan fingerprint density at radius 3 is 2.63 bits per heavy atom. The Kier molecular flexibility index (Phi) is 7.54. The molecule has 160 valence electrons. The monoisotopic (exact) mass is 410 g/mol. The van der Waals surface area contributed by atoms with Gasteiger partial charge in [0.25, 0.3) is 0 Å². The quantitative estimate of drug-likeness (QED) is 0.695. The van der Waals surface area contributed by atoms with E-state index in [1.165, 1.54) is 0 Å². The molecule has 0 spiro atoms. The molecule has 0 saturated carbocycles. The first kappa shape index (κ1) is 21.9. The second-order valence-corrected chi connectivity index (χ2v) is 7.89. The van der Waals surface area contributed by atoms with Gasteiger partial charge in [-0.15, -0.1) is 0 Å². The van der Waals surface area contributed by atoms with E-state index < -0.39 is 5.91 Å². The van der Waals surface area contributed by atoms with Crippen LogP contribution in [-0.2, 0) is 9.53 Å². The predicted molar refractivity (Wildman–Crippen MR) is 116 cm³/mol. The zero-order chi connectivity index (χ0) is 21.5. The van der Waals surface area contributed by atoms with Crippen LogP contribution in [0.2, 0.25) is 0 Å². The van der Waals surface area contributed by atoms with Crippen molar-refractivity contribution in [3.05, 3.63) is 53.9 Å². The molecule has 7 heteroatoms. The number of methoxy groups -OCH3 is 1. The summed E-state index contributed by atoms with van der Waals surface area (Å²) in [6.45, 7) is 4.63. The molecule has 0 bridgehead atoms. The highest BCUT2D eigenvalue weighted by atomic mass is 16.5. The fourth-order valence-corrected chi connectivity index (χ4v) is 3.87. The van der Waals surface area contributed by atoms with Crippen molar-refractivity contribution in [2.75, 3.05) is 33.4 Å². The fourth-order valence-electron chi connectivity index (χ4n) is 3.87. The number of primary amides is 1. The van der Waals surface area contributed by atoms with Crippen molar-refractivity contribution in [2.45, 2.75) is 31.7 Å². The predicted octanol–water partition coefficient (Wildman–Crippen LogP) is 2.18. The molecule has 3 N–H and O–H groups in total. The molecule has 1 fully saturated rings. The van der Waals surface area contributed by atoms with E-state index >= 15 is 0 Å². The molecule has 30 heavy (non-hydrogen) atoms. The van der Waals surface area contributed by atoms with E-state index in [2.05, 4.69) is 21.3 Å². The van der Waals surface area contributed by atoms with E-state index in [-0.39, 0.29) is 11.9 Å². The molecule has 2 amide bonds. The third kappa shape index (κ3) is 5.87. The van der Waals surface area contributed by atoms with Crippen molar-refractivity contribution in [3.63, 3.8) is 0 Å². The topological polar surface area (TPSA) is 97.5 Å². The Labute approximate surface area is 177 Å². The number of benzene rings is 1. The number of hydrogen-bond donors (Lipinski definition) is 2. The van der Waals surface area contributed by atoms with Crippen LogP contribution in [0.4, 0.5) is 0 Å². The Morgan fingerprint density at radius 2 is 2.00 bits per heavy atom. The standard InChI is InChI=1S/C23H30N4O3/c1-16(15-30-2)26-22(28)14-27-10-8-17(9-11-27)21-7-6-20(13-25-21)18-4-3-5-19(12-18)23(24)29/h3-7,12-13,16-17H,8-11,14-15H2,1-2H3,(H2,24,29)(H,26,28)/t16-/m0/s1. The minimum Gasteiger partial charge on any atom is -0.383 e. The van der Waals surface area contributed by atoms with E-state index in [9.17, 15) is 9.59 Å². The van der Waals surface area contributed by atoms with Gasteiger partial charge in [-0.1, -0.05) is 18.2 Å². The lowest BCUT2D eigenvalue weighted by molar-refractivity contribution is -0.123. The Bertz CT molecular complexity index is 861. The summed E-state index contributed by atoms with van der Waals surface area (Å²) >= 11 is 0. The van der Waals surface area contributed by atoms with E-state index in [4.69, 9.17) is 10.5 Å². The van der Waals surface area contributed by atoms with Gasteiger partial charge in [0.15, 0.2) is 0 Å². The SMILES string of the molecule is COC[C@H](C)NC(=O)CN1CCC(c2ccc(-c3cccc(C(N)=O)c3)cn2)CC1. The van der Waals surface area contributed by atoms with Crippen LogP contribution in [0.5, 0.6) is 0 Å². The molecule has 3 rings (SSSR count). The second-order valence-electron chi connectivity index (χ2n) is 7.89. The molecule has 0 radical (unpaired) electrons. The van der Waals surface area contributed by atoms with Crippen LogP contribution in [-0.4, -0.2) is 61.1 Å². The number of aromatic nitrogens is 1. The van der Waals surface area contributed by atoms with Crippen LogP contribution >= 0.6 is 0 Å². The highest BCUT2D eigenvalue weighted by Gasteiger charge is 2.23. The molecule has 1 aromatic heterocycles. The number of nitrogens with one attached hydrogen (secondary N) is 1. The first-order chi connectivity index (χ1) is 14.5. The van der Waals surface area contributed by atoms with Gasteiger partial charge in [0, 0.05) is 42.1 Å². The maximum absolute atomic E-state index is 12.1. The average molecular weight is 411 g/mol. The van der Waals surface area contributed by atoms with Crippen LogP contribution in [0.15, 0.2) is 42.6 Å². The lowest BCUT2D eigenvalue weighted by atomic mass is 9.92. The molecule has 1 aromatic carbocycles. The van der Waals surface area contributed by atoms with Gasteiger partial charge in [-0.3, -0.25) is 19.5 Å². The number of amides is 2. The summed E-state index contributed by atoms with van der Waals surface area (Å²) < 4.78 is 5.05.